The van der Waals surface area contributed by atoms with Crippen LogP contribution in [0.3, 0.4) is 0 Å². The number of carbonyl (C=O) groups is 1. The van der Waals surface area contributed by atoms with E-state index >= 15 is 0 Å². The van der Waals surface area contributed by atoms with E-state index in [1.54, 1.807) is 24.3 Å². The van der Waals surface area contributed by atoms with Crippen molar-refractivity contribution in [3.8, 4) is 11.4 Å². The molecule has 0 saturated carbocycles. The molecule has 5 rings (SSSR count). The second kappa shape index (κ2) is 8.88. The summed E-state index contributed by atoms with van der Waals surface area (Å²) in [7, 11) is -3.22. The Bertz CT molecular complexity index is 1310. The summed E-state index contributed by atoms with van der Waals surface area (Å²) < 4.78 is 23.4. The first-order valence-electron chi connectivity index (χ1n) is 11.5. The molecular weight excluding hydrogens is 450 g/mol. The Morgan fingerprint density at radius 1 is 1.06 bits per heavy atom. The fraction of sp³-hybridized carbons (Fsp3) is 0.360. The highest BCUT2D eigenvalue weighted by Gasteiger charge is 2.31. The molecule has 0 spiro atoms. The van der Waals surface area contributed by atoms with Crippen molar-refractivity contribution in [3.05, 3.63) is 65.5 Å². The Kier molecular flexibility index (Phi) is 5.91. The van der Waals surface area contributed by atoms with E-state index in [2.05, 4.69) is 21.3 Å². The second-order valence-corrected chi connectivity index (χ2v) is 11.2. The van der Waals surface area contributed by atoms with Crippen molar-refractivity contribution in [2.24, 2.45) is 0 Å². The number of anilines is 1. The van der Waals surface area contributed by atoms with Gasteiger partial charge < -0.3 is 15.2 Å². The third-order valence-electron chi connectivity index (χ3n) is 6.77. The van der Waals surface area contributed by atoms with Gasteiger partial charge in [-0.3, -0.25) is 4.90 Å². The van der Waals surface area contributed by atoms with E-state index in [1.165, 1.54) is 6.26 Å². The number of fused-ring (bicyclic) bond motifs is 1. The lowest BCUT2D eigenvalue weighted by Crippen LogP contribution is -2.50. The fourth-order valence-electron chi connectivity index (χ4n) is 4.77. The van der Waals surface area contributed by atoms with Crippen LogP contribution in [0.5, 0.6) is 0 Å². The third-order valence-corrected chi connectivity index (χ3v) is 7.90. The summed E-state index contributed by atoms with van der Waals surface area (Å²) >= 11 is 0. The van der Waals surface area contributed by atoms with Crippen LogP contribution in [0, 0.1) is 6.92 Å². The van der Waals surface area contributed by atoms with Gasteiger partial charge >= 0.3 is 6.03 Å². The van der Waals surface area contributed by atoms with Crippen LogP contribution in [0.2, 0.25) is 0 Å². The number of nitrogens with one attached hydrogen (secondary N) is 2. The highest BCUT2D eigenvalue weighted by atomic mass is 32.2. The number of nitrogens with zero attached hydrogens (tertiary/aromatic N) is 3. The van der Waals surface area contributed by atoms with Gasteiger partial charge in [-0.05, 0) is 55.7 Å². The normalized spacial score (nSPS) is 17.5. The van der Waals surface area contributed by atoms with Crippen LogP contribution in [0.15, 0.2) is 53.4 Å². The maximum atomic E-state index is 12.6. The molecule has 3 aromatic rings. The number of urea groups is 1. The number of likely N-dealkylation sites (tertiary alicyclic amines) is 1. The standard InChI is InChI=1S/C25H29N5O3S/c1-17-23(27-24(26-17)18-7-9-21(10-8-18)34(2,32)33)16-29-13-11-20(12-14-29)30-15-19-5-3-4-6-22(19)28-25(30)31/h3-10,20H,11-16H2,1-2H3,(H,26,27)(H,28,31). The largest absolute Gasteiger partial charge is 0.342 e. The Balaban J connectivity index is 1.21. The molecule has 0 bridgehead atoms. The number of aromatic amines is 1. The van der Waals surface area contributed by atoms with Gasteiger partial charge in [0.25, 0.3) is 0 Å². The van der Waals surface area contributed by atoms with Crippen molar-refractivity contribution in [2.45, 2.75) is 43.8 Å². The van der Waals surface area contributed by atoms with Crippen molar-refractivity contribution in [3.63, 3.8) is 0 Å². The Labute approximate surface area is 199 Å². The van der Waals surface area contributed by atoms with Crippen LogP contribution in [0.4, 0.5) is 10.5 Å². The SMILES string of the molecule is Cc1[nH]c(-c2ccc(S(C)(=O)=O)cc2)nc1CN1CCC(N2Cc3ccccc3NC2=O)CC1. The van der Waals surface area contributed by atoms with Gasteiger partial charge in [-0.1, -0.05) is 18.2 Å². The predicted molar refractivity (Wildman–Crippen MR) is 131 cm³/mol. The summed E-state index contributed by atoms with van der Waals surface area (Å²) in [5.41, 5.74) is 4.93. The molecule has 2 N–H and O–H groups in total. The second-order valence-electron chi connectivity index (χ2n) is 9.18. The molecule has 0 atom stereocenters. The average molecular weight is 480 g/mol. The first kappa shape index (κ1) is 22.6. The number of aromatic nitrogens is 2. The Morgan fingerprint density at radius 3 is 2.47 bits per heavy atom. The van der Waals surface area contributed by atoms with Crippen molar-refractivity contribution in [2.75, 3.05) is 24.7 Å². The number of hydrogen-bond donors (Lipinski definition) is 2. The molecule has 0 unspecified atom stereocenters. The van der Waals surface area contributed by atoms with E-state index < -0.39 is 9.84 Å². The first-order valence-corrected chi connectivity index (χ1v) is 13.4. The summed E-state index contributed by atoms with van der Waals surface area (Å²) in [5, 5.41) is 3.02. The first-order chi connectivity index (χ1) is 16.3. The summed E-state index contributed by atoms with van der Waals surface area (Å²) in [6, 6.07) is 15.0. The topological polar surface area (TPSA) is 98.4 Å². The molecule has 1 fully saturated rings. The lowest BCUT2D eigenvalue weighted by Gasteiger charge is -2.40. The minimum atomic E-state index is -3.22. The molecular formula is C25H29N5O3S. The monoisotopic (exact) mass is 479 g/mol. The van der Waals surface area contributed by atoms with E-state index in [4.69, 9.17) is 4.98 Å². The molecule has 34 heavy (non-hydrogen) atoms. The summed E-state index contributed by atoms with van der Waals surface area (Å²) in [5.74, 6) is 0.742. The van der Waals surface area contributed by atoms with Crippen LogP contribution < -0.4 is 5.32 Å². The number of rotatable bonds is 5. The van der Waals surface area contributed by atoms with Gasteiger partial charge in [-0.15, -0.1) is 0 Å². The number of sulfone groups is 1. The zero-order valence-corrected chi connectivity index (χ0v) is 20.2. The van der Waals surface area contributed by atoms with Crippen LogP contribution in [0.25, 0.3) is 11.4 Å². The Hall–Kier alpha value is -3.17. The third kappa shape index (κ3) is 4.58. The van der Waals surface area contributed by atoms with Crippen LogP contribution >= 0.6 is 0 Å². The van der Waals surface area contributed by atoms with Gasteiger partial charge in [0.15, 0.2) is 9.84 Å². The number of benzene rings is 2. The molecule has 2 amide bonds. The molecule has 0 radical (unpaired) electrons. The molecule has 178 valence electrons. The summed E-state index contributed by atoms with van der Waals surface area (Å²) in [6.45, 7) is 5.22. The number of amides is 2. The van der Waals surface area contributed by atoms with E-state index in [-0.39, 0.29) is 12.1 Å². The average Bonchev–Trinajstić information content (AvgIpc) is 3.19. The van der Waals surface area contributed by atoms with Crippen LogP contribution in [0.1, 0.15) is 29.8 Å². The summed E-state index contributed by atoms with van der Waals surface area (Å²) in [4.78, 5) is 25.4. The van der Waals surface area contributed by atoms with Crippen molar-refractivity contribution in [1.29, 1.82) is 0 Å². The minimum absolute atomic E-state index is 0.00757. The van der Waals surface area contributed by atoms with Gasteiger partial charge in [0.05, 0.1) is 10.6 Å². The van der Waals surface area contributed by atoms with Crippen LogP contribution in [-0.4, -0.2) is 59.6 Å². The number of para-hydroxylation sites is 1. The van der Waals surface area contributed by atoms with Gasteiger partial charge in [0.2, 0.25) is 0 Å². The minimum Gasteiger partial charge on any atom is -0.342 e. The van der Waals surface area contributed by atoms with Crippen LogP contribution in [-0.2, 0) is 22.9 Å². The van der Waals surface area contributed by atoms with Crippen molar-refractivity contribution in [1.82, 2.24) is 19.8 Å². The number of carbonyl (C=O) groups excluding carboxylic acids is 1. The number of imidazole rings is 1. The molecule has 2 aliphatic rings. The van der Waals surface area contributed by atoms with E-state index in [0.717, 1.165) is 66.5 Å². The molecule has 9 heteroatoms. The van der Waals surface area contributed by atoms with Gasteiger partial charge in [-0.2, -0.15) is 0 Å². The smallest absolute Gasteiger partial charge is 0.322 e. The number of piperidine rings is 1. The van der Waals surface area contributed by atoms with E-state index in [1.807, 2.05) is 30.0 Å². The number of H-pyrrole nitrogens is 1. The fourth-order valence-corrected chi connectivity index (χ4v) is 5.40. The highest BCUT2D eigenvalue weighted by molar-refractivity contribution is 7.90. The molecule has 1 saturated heterocycles. The molecule has 2 aromatic carbocycles. The van der Waals surface area contributed by atoms with E-state index in [0.29, 0.717) is 11.4 Å². The molecule has 8 nitrogen and oxygen atoms in total. The molecule has 2 aliphatic heterocycles. The van der Waals surface area contributed by atoms with Gasteiger partial charge in [0.1, 0.15) is 5.82 Å². The highest BCUT2D eigenvalue weighted by Crippen LogP contribution is 2.28. The summed E-state index contributed by atoms with van der Waals surface area (Å²) in [6.07, 6.45) is 3.06. The van der Waals surface area contributed by atoms with Crippen molar-refractivity contribution < 1.29 is 13.2 Å². The number of aryl methyl sites for hydroxylation is 1. The maximum Gasteiger partial charge on any atom is 0.322 e. The predicted octanol–water partition coefficient (Wildman–Crippen LogP) is 3.80. The zero-order valence-electron chi connectivity index (χ0n) is 19.4. The number of hydrogen-bond acceptors (Lipinski definition) is 5. The molecule has 0 aliphatic carbocycles. The van der Waals surface area contributed by atoms with E-state index in [9.17, 15) is 13.2 Å². The lowest BCUT2D eigenvalue weighted by molar-refractivity contribution is 0.117. The lowest BCUT2D eigenvalue weighted by atomic mass is 10.0. The van der Waals surface area contributed by atoms with Gasteiger partial charge in [0, 0.05) is 55.4 Å². The quantitative estimate of drug-likeness (QED) is 0.580. The zero-order chi connectivity index (χ0) is 23.9. The Morgan fingerprint density at radius 2 is 1.76 bits per heavy atom. The molecule has 3 heterocycles. The van der Waals surface area contributed by atoms with Gasteiger partial charge in [-0.25, -0.2) is 18.2 Å². The van der Waals surface area contributed by atoms with Crippen molar-refractivity contribution >= 4 is 21.6 Å². The maximum absolute atomic E-state index is 12.6. The molecule has 1 aromatic heterocycles.